The van der Waals surface area contributed by atoms with Crippen molar-refractivity contribution in [3.63, 3.8) is 0 Å². The first-order valence-corrected chi connectivity index (χ1v) is 13.8. The fraction of sp³-hybridized carbons (Fsp3) is 0.296. The molecule has 0 aliphatic carbocycles. The van der Waals surface area contributed by atoms with E-state index in [1.807, 2.05) is 23.9 Å². The van der Waals surface area contributed by atoms with Crippen LogP contribution < -0.4 is 4.90 Å². The van der Waals surface area contributed by atoms with E-state index >= 15 is 0 Å². The van der Waals surface area contributed by atoms with Crippen LogP contribution in [0.25, 0.3) is 0 Å². The lowest BCUT2D eigenvalue weighted by Gasteiger charge is -2.36. The fourth-order valence-electron chi connectivity index (χ4n) is 4.69. The van der Waals surface area contributed by atoms with Crippen LogP contribution in [0, 0.1) is 5.92 Å². The Balaban J connectivity index is 1.25. The molecule has 2 heterocycles. The number of fused-ring (bicyclic) bond motifs is 2. The molecule has 3 aromatic carbocycles. The number of carbonyl (C=O) groups excluding carboxylic acids is 1. The Morgan fingerprint density at radius 1 is 0.970 bits per heavy atom. The van der Waals surface area contributed by atoms with Gasteiger partial charge in [-0.25, -0.2) is 0 Å². The van der Waals surface area contributed by atoms with Gasteiger partial charge in [0, 0.05) is 44.3 Å². The van der Waals surface area contributed by atoms with Crippen molar-refractivity contribution in [2.24, 2.45) is 5.92 Å². The molecule has 0 N–H and O–H groups in total. The molecule has 0 saturated carbocycles. The monoisotopic (exact) mass is 494 g/mol. The Bertz CT molecular complexity index is 1140. The van der Waals surface area contributed by atoms with Crippen molar-refractivity contribution in [1.29, 1.82) is 0 Å². The molecule has 0 aromatic heterocycles. The van der Waals surface area contributed by atoms with E-state index in [0.29, 0.717) is 5.02 Å². The zero-order chi connectivity index (χ0) is 22.8. The first-order chi connectivity index (χ1) is 16.1. The maximum absolute atomic E-state index is 12.9. The summed E-state index contributed by atoms with van der Waals surface area (Å²) in [5.41, 5.74) is 3.38. The van der Waals surface area contributed by atoms with Gasteiger partial charge in [0.15, 0.2) is 5.78 Å². The van der Waals surface area contributed by atoms with Crippen LogP contribution in [0.2, 0.25) is 5.02 Å². The third kappa shape index (κ3) is 4.97. The second kappa shape index (κ2) is 10.1. The van der Waals surface area contributed by atoms with Crippen molar-refractivity contribution in [2.75, 3.05) is 37.3 Å². The molecule has 0 atom stereocenters. The highest BCUT2D eigenvalue weighted by molar-refractivity contribution is 8.00. The van der Waals surface area contributed by atoms with Crippen LogP contribution in [-0.4, -0.2) is 43.1 Å². The smallest absolute Gasteiger partial charge is 0.166 e. The van der Waals surface area contributed by atoms with Gasteiger partial charge in [0.2, 0.25) is 0 Å². The van der Waals surface area contributed by atoms with Gasteiger partial charge >= 0.3 is 0 Å². The normalized spacial score (nSPS) is 16.4. The predicted octanol–water partition coefficient (Wildman–Crippen LogP) is 7.26. The number of thioether (sulfide) groups is 1. The third-order valence-electron chi connectivity index (χ3n) is 6.56. The number of carbonyl (C=O) groups is 1. The van der Waals surface area contributed by atoms with Gasteiger partial charge in [0.05, 0.1) is 11.4 Å². The summed E-state index contributed by atoms with van der Waals surface area (Å²) in [5.74, 6) is 0.367. The van der Waals surface area contributed by atoms with Gasteiger partial charge in [-0.05, 0) is 86.8 Å². The van der Waals surface area contributed by atoms with Crippen LogP contribution in [0.1, 0.15) is 23.2 Å². The van der Waals surface area contributed by atoms with E-state index in [4.69, 9.17) is 11.6 Å². The molecule has 0 amide bonds. The van der Waals surface area contributed by atoms with Crippen LogP contribution in [0.15, 0.2) is 81.4 Å². The Kier molecular flexibility index (Phi) is 7.02. The highest BCUT2D eigenvalue weighted by atomic mass is 35.5. The molecular weight excluding hydrogens is 468 g/mol. The number of anilines is 2. The van der Waals surface area contributed by atoms with E-state index in [2.05, 4.69) is 58.5 Å². The number of nitrogens with zero attached hydrogens (tertiary/aromatic N) is 2. The van der Waals surface area contributed by atoms with Gasteiger partial charge in [0.1, 0.15) is 0 Å². The van der Waals surface area contributed by atoms with Gasteiger partial charge in [-0.3, -0.25) is 4.79 Å². The van der Waals surface area contributed by atoms with Crippen LogP contribution in [0.5, 0.6) is 0 Å². The molecule has 1 saturated heterocycles. The molecule has 1 fully saturated rings. The van der Waals surface area contributed by atoms with Gasteiger partial charge in [-0.15, -0.1) is 11.8 Å². The molecule has 6 heteroatoms. The molecule has 0 unspecified atom stereocenters. The standard InChI is InChI=1S/C27H27ClN2OS2/c1-32-22-10-11-26-24(18-22)30(23-4-2-3-5-25(23)33-26)17-16-29-14-12-20(13-15-29)27(31)19-6-8-21(28)9-7-19/h2-11,18,20H,12-17H2,1H3. The fourth-order valence-corrected chi connectivity index (χ4v) is 6.32. The minimum Gasteiger partial charge on any atom is -0.338 e. The minimum absolute atomic E-state index is 0.111. The van der Waals surface area contributed by atoms with E-state index < -0.39 is 0 Å². The molecule has 3 nitrogen and oxygen atoms in total. The zero-order valence-electron chi connectivity index (χ0n) is 18.7. The first-order valence-electron chi connectivity index (χ1n) is 11.4. The van der Waals surface area contributed by atoms with Crippen molar-refractivity contribution in [2.45, 2.75) is 27.5 Å². The summed E-state index contributed by atoms with van der Waals surface area (Å²) in [7, 11) is 0. The number of rotatable bonds is 6. The zero-order valence-corrected chi connectivity index (χ0v) is 21.1. The maximum Gasteiger partial charge on any atom is 0.166 e. The summed E-state index contributed by atoms with van der Waals surface area (Å²) in [6, 6.07) is 22.8. The number of hydrogen-bond acceptors (Lipinski definition) is 5. The summed E-state index contributed by atoms with van der Waals surface area (Å²) in [4.78, 5) is 21.8. The number of ketones is 1. The first kappa shape index (κ1) is 22.9. The number of likely N-dealkylation sites (tertiary alicyclic amines) is 1. The third-order valence-corrected chi connectivity index (χ3v) is 8.67. The summed E-state index contributed by atoms with van der Waals surface area (Å²) < 4.78 is 0. The molecule has 5 rings (SSSR count). The molecule has 3 aromatic rings. The van der Waals surface area contributed by atoms with E-state index in [1.165, 1.54) is 26.1 Å². The second-order valence-corrected chi connectivity index (χ2v) is 10.9. The van der Waals surface area contributed by atoms with Crippen molar-refractivity contribution in [3.05, 3.63) is 77.3 Å². The van der Waals surface area contributed by atoms with Crippen molar-refractivity contribution in [3.8, 4) is 0 Å². The molecule has 0 spiro atoms. The molecule has 0 radical (unpaired) electrons. The van der Waals surface area contributed by atoms with Crippen molar-refractivity contribution < 1.29 is 4.79 Å². The number of para-hydroxylation sites is 1. The van der Waals surface area contributed by atoms with E-state index in [0.717, 1.165) is 44.6 Å². The quantitative estimate of drug-likeness (QED) is 0.265. The van der Waals surface area contributed by atoms with Gasteiger partial charge in [-0.2, -0.15) is 0 Å². The number of benzene rings is 3. The topological polar surface area (TPSA) is 23.6 Å². The molecule has 170 valence electrons. The summed E-state index contributed by atoms with van der Waals surface area (Å²) in [6.45, 7) is 3.86. The van der Waals surface area contributed by atoms with E-state index in [9.17, 15) is 4.79 Å². The highest BCUT2D eigenvalue weighted by Crippen LogP contribution is 2.48. The number of halogens is 1. The Morgan fingerprint density at radius 3 is 2.45 bits per heavy atom. The van der Waals surface area contributed by atoms with E-state index in [1.54, 1.807) is 23.9 Å². The number of piperidine rings is 1. The lowest BCUT2D eigenvalue weighted by molar-refractivity contribution is 0.0842. The molecule has 0 bridgehead atoms. The SMILES string of the molecule is CSc1ccc2c(c1)N(CCN1CCC(C(=O)c3ccc(Cl)cc3)CC1)c1ccccc1S2. The highest BCUT2D eigenvalue weighted by Gasteiger charge is 2.28. The Hall–Kier alpha value is -1.92. The van der Waals surface area contributed by atoms with Crippen LogP contribution >= 0.6 is 35.1 Å². The summed E-state index contributed by atoms with van der Waals surface area (Å²) in [6.07, 6.45) is 3.97. The van der Waals surface area contributed by atoms with Gasteiger partial charge < -0.3 is 9.80 Å². The van der Waals surface area contributed by atoms with Crippen molar-refractivity contribution in [1.82, 2.24) is 4.90 Å². The number of hydrogen-bond donors (Lipinski definition) is 0. The molecule has 2 aliphatic heterocycles. The second-order valence-electron chi connectivity index (χ2n) is 8.54. The summed E-state index contributed by atoms with van der Waals surface area (Å²) >= 11 is 9.62. The van der Waals surface area contributed by atoms with E-state index in [-0.39, 0.29) is 11.7 Å². The average Bonchev–Trinajstić information content (AvgIpc) is 2.86. The lowest BCUT2D eigenvalue weighted by atomic mass is 9.89. The predicted molar refractivity (Wildman–Crippen MR) is 141 cm³/mol. The summed E-state index contributed by atoms with van der Waals surface area (Å²) in [5, 5.41) is 0.672. The van der Waals surface area contributed by atoms with Crippen LogP contribution in [-0.2, 0) is 0 Å². The number of Topliss-reactive ketones (excluding diaryl/α,β-unsaturated/α-hetero) is 1. The molecule has 33 heavy (non-hydrogen) atoms. The van der Waals surface area contributed by atoms with Crippen LogP contribution in [0.4, 0.5) is 11.4 Å². The Morgan fingerprint density at radius 2 is 1.70 bits per heavy atom. The van der Waals surface area contributed by atoms with Crippen molar-refractivity contribution >= 4 is 52.3 Å². The molecule has 2 aliphatic rings. The largest absolute Gasteiger partial charge is 0.338 e. The average molecular weight is 495 g/mol. The Labute approximate surface area is 209 Å². The maximum atomic E-state index is 12.9. The van der Waals surface area contributed by atoms with Gasteiger partial charge in [0.25, 0.3) is 0 Å². The minimum atomic E-state index is 0.111. The van der Waals surface area contributed by atoms with Gasteiger partial charge in [-0.1, -0.05) is 35.5 Å². The van der Waals surface area contributed by atoms with Crippen LogP contribution in [0.3, 0.4) is 0 Å². The molecular formula is C27H27ClN2OS2. The lowest BCUT2D eigenvalue weighted by Crippen LogP contribution is -2.40.